The highest BCUT2D eigenvalue weighted by Crippen LogP contribution is 2.35. The fourth-order valence-electron chi connectivity index (χ4n) is 4.29. The zero-order valence-electron chi connectivity index (χ0n) is 16.9. The van der Waals surface area contributed by atoms with Crippen molar-refractivity contribution in [1.82, 2.24) is 14.9 Å². The summed E-state index contributed by atoms with van der Waals surface area (Å²) in [6.45, 7) is 4.25. The molecule has 2 aliphatic rings. The second-order valence-corrected chi connectivity index (χ2v) is 7.93. The van der Waals surface area contributed by atoms with Crippen LogP contribution >= 0.6 is 0 Å². The van der Waals surface area contributed by atoms with Crippen LogP contribution in [-0.4, -0.2) is 46.2 Å². The summed E-state index contributed by atoms with van der Waals surface area (Å²) >= 11 is 0. The van der Waals surface area contributed by atoms with Gasteiger partial charge in [-0.3, -0.25) is 4.79 Å². The molecule has 1 unspecified atom stereocenters. The molecule has 1 aromatic heterocycles. The highest BCUT2D eigenvalue weighted by molar-refractivity contribution is 5.90. The number of H-pyrrole nitrogens is 1. The number of nitrogens with one attached hydrogen (secondary N) is 2. The van der Waals surface area contributed by atoms with Gasteiger partial charge in [-0.1, -0.05) is 19.1 Å². The zero-order chi connectivity index (χ0) is 20.3. The van der Waals surface area contributed by atoms with E-state index in [-0.39, 0.29) is 17.2 Å². The Labute approximate surface area is 170 Å². The van der Waals surface area contributed by atoms with Crippen LogP contribution in [0.15, 0.2) is 35.1 Å². The van der Waals surface area contributed by atoms with Gasteiger partial charge in [-0.25, -0.2) is 9.78 Å². The van der Waals surface area contributed by atoms with E-state index in [1.165, 1.54) is 6.07 Å². The second kappa shape index (κ2) is 8.37. The predicted molar refractivity (Wildman–Crippen MR) is 112 cm³/mol. The molecule has 1 aromatic carbocycles. The molecule has 2 fully saturated rings. The first-order chi connectivity index (χ1) is 14.1. The van der Waals surface area contributed by atoms with Gasteiger partial charge in [0, 0.05) is 42.7 Å². The maximum Gasteiger partial charge on any atom is 0.321 e. The maximum absolute atomic E-state index is 12.8. The van der Waals surface area contributed by atoms with Crippen molar-refractivity contribution in [2.45, 2.75) is 51.0 Å². The van der Waals surface area contributed by atoms with Crippen LogP contribution in [0, 0.1) is 0 Å². The molecule has 0 aliphatic carbocycles. The summed E-state index contributed by atoms with van der Waals surface area (Å²) in [4.78, 5) is 33.8. The summed E-state index contributed by atoms with van der Waals surface area (Å²) in [5.74, 6) is 0.514. The lowest BCUT2D eigenvalue weighted by molar-refractivity contribution is -0.00649. The molecule has 2 amide bonds. The molecule has 7 nitrogen and oxygen atoms in total. The molecular formula is C22H28N4O3. The molecular weight excluding hydrogens is 368 g/mol. The van der Waals surface area contributed by atoms with E-state index >= 15 is 0 Å². The first kappa shape index (κ1) is 19.6. The van der Waals surface area contributed by atoms with E-state index in [9.17, 15) is 9.59 Å². The number of hydrogen-bond donors (Lipinski definition) is 2. The van der Waals surface area contributed by atoms with E-state index in [2.05, 4.69) is 15.3 Å². The number of likely N-dealkylation sites (tertiary alicyclic amines) is 1. The zero-order valence-corrected chi connectivity index (χ0v) is 16.9. The third-order valence-corrected chi connectivity index (χ3v) is 5.91. The number of ether oxygens (including phenoxy) is 1. The number of rotatable bonds is 3. The van der Waals surface area contributed by atoms with Crippen LogP contribution < -0.4 is 10.9 Å². The topological polar surface area (TPSA) is 87.3 Å². The molecule has 7 heteroatoms. The van der Waals surface area contributed by atoms with Crippen molar-refractivity contribution in [3.8, 4) is 11.4 Å². The number of aromatic amines is 1. The van der Waals surface area contributed by atoms with Crippen LogP contribution in [0.2, 0.25) is 0 Å². The standard InChI is InChI=1S/C22H28N4O3/c1-2-17-15-19(27)25-20(23-17)16-6-3-7-18(14-16)24-21(28)26-11-4-8-22(10-12-26)9-5-13-29-22/h3,6-7,14-15H,2,4-5,8-13H2,1H3,(H,24,28)(H,23,25,27). The Bertz CT molecular complexity index is 934. The van der Waals surface area contributed by atoms with Crippen LogP contribution in [-0.2, 0) is 11.2 Å². The van der Waals surface area contributed by atoms with Crippen molar-refractivity contribution in [3.05, 3.63) is 46.4 Å². The SMILES string of the molecule is CCc1cc(=O)[nH]c(-c2cccc(NC(=O)N3CCCC4(CCCO4)CC3)c2)n1. The van der Waals surface area contributed by atoms with Gasteiger partial charge in [-0.15, -0.1) is 0 Å². The number of urea groups is 1. The van der Waals surface area contributed by atoms with Crippen molar-refractivity contribution < 1.29 is 9.53 Å². The van der Waals surface area contributed by atoms with Crippen LogP contribution in [0.5, 0.6) is 0 Å². The highest BCUT2D eigenvalue weighted by Gasteiger charge is 2.37. The van der Waals surface area contributed by atoms with Gasteiger partial charge in [0.05, 0.1) is 5.60 Å². The lowest BCUT2D eigenvalue weighted by atomic mass is 9.92. The summed E-state index contributed by atoms with van der Waals surface area (Å²) in [6, 6.07) is 8.83. The van der Waals surface area contributed by atoms with E-state index in [1.54, 1.807) is 0 Å². The Kier molecular flexibility index (Phi) is 5.67. The van der Waals surface area contributed by atoms with Crippen molar-refractivity contribution in [3.63, 3.8) is 0 Å². The smallest absolute Gasteiger partial charge is 0.321 e. The van der Waals surface area contributed by atoms with Gasteiger partial charge >= 0.3 is 6.03 Å². The Balaban J connectivity index is 1.46. The number of benzene rings is 1. The Morgan fingerprint density at radius 1 is 1.24 bits per heavy atom. The molecule has 1 atom stereocenters. The molecule has 2 aromatic rings. The molecule has 0 bridgehead atoms. The number of carbonyl (C=O) groups is 1. The summed E-state index contributed by atoms with van der Waals surface area (Å²) < 4.78 is 6.01. The van der Waals surface area contributed by atoms with Crippen LogP contribution in [0.1, 0.15) is 44.7 Å². The summed E-state index contributed by atoms with van der Waals surface area (Å²) in [5.41, 5.74) is 2.01. The Morgan fingerprint density at radius 3 is 2.90 bits per heavy atom. The second-order valence-electron chi connectivity index (χ2n) is 7.93. The van der Waals surface area contributed by atoms with Crippen LogP contribution in [0.4, 0.5) is 10.5 Å². The van der Waals surface area contributed by atoms with E-state index < -0.39 is 0 Å². The third kappa shape index (κ3) is 4.50. The minimum absolute atomic E-state index is 0.0171. The van der Waals surface area contributed by atoms with Crippen molar-refractivity contribution >= 4 is 11.7 Å². The number of anilines is 1. The number of aromatic nitrogens is 2. The lowest BCUT2D eigenvalue weighted by Gasteiger charge is -2.27. The van der Waals surface area contributed by atoms with Crippen LogP contribution in [0.3, 0.4) is 0 Å². The summed E-state index contributed by atoms with van der Waals surface area (Å²) in [5, 5.41) is 3.00. The number of amides is 2. The van der Waals surface area contributed by atoms with E-state index in [4.69, 9.17) is 4.74 Å². The molecule has 0 radical (unpaired) electrons. The highest BCUT2D eigenvalue weighted by atomic mass is 16.5. The van der Waals surface area contributed by atoms with Gasteiger partial charge in [0.2, 0.25) is 0 Å². The van der Waals surface area contributed by atoms with E-state index in [0.717, 1.165) is 56.5 Å². The minimum Gasteiger partial charge on any atom is -0.375 e. The number of aryl methyl sites for hydroxylation is 1. The molecule has 0 saturated carbocycles. The molecule has 4 rings (SSSR count). The predicted octanol–water partition coefficient (Wildman–Crippen LogP) is 3.57. The first-order valence-corrected chi connectivity index (χ1v) is 10.5. The number of hydrogen-bond acceptors (Lipinski definition) is 4. The van der Waals surface area contributed by atoms with Gasteiger partial charge in [-0.2, -0.15) is 0 Å². The van der Waals surface area contributed by atoms with Gasteiger partial charge in [0.25, 0.3) is 5.56 Å². The van der Waals surface area contributed by atoms with Gasteiger partial charge in [0.1, 0.15) is 5.82 Å². The van der Waals surface area contributed by atoms with Crippen molar-refractivity contribution in [2.24, 2.45) is 0 Å². The molecule has 2 saturated heterocycles. The Hall–Kier alpha value is -2.67. The minimum atomic E-state index is -0.172. The normalized spacial score (nSPS) is 21.9. The molecule has 154 valence electrons. The largest absolute Gasteiger partial charge is 0.375 e. The fourth-order valence-corrected chi connectivity index (χ4v) is 4.29. The monoisotopic (exact) mass is 396 g/mol. The first-order valence-electron chi connectivity index (χ1n) is 10.5. The molecule has 2 aliphatic heterocycles. The maximum atomic E-state index is 12.8. The van der Waals surface area contributed by atoms with Gasteiger partial charge in [0.15, 0.2) is 0 Å². The summed E-state index contributed by atoms with van der Waals surface area (Å²) in [6.07, 6.45) is 5.80. The van der Waals surface area contributed by atoms with E-state index in [0.29, 0.717) is 24.5 Å². The number of carbonyl (C=O) groups excluding carboxylic acids is 1. The van der Waals surface area contributed by atoms with E-state index in [1.807, 2.05) is 36.1 Å². The molecule has 29 heavy (non-hydrogen) atoms. The van der Waals surface area contributed by atoms with Gasteiger partial charge in [-0.05, 0) is 50.7 Å². The third-order valence-electron chi connectivity index (χ3n) is 5.91. The lowest BCUT2D eigenvalue weighted by Crippen LogP contribution is -2.37. The van der Waals surface area contributed by atoms with Gasteiger partial charge < -0.3 is 19.9 Å². The molecule has 2 N–H and O–H groups in total. The fraction of sp³-hybridized carbons (Fsp3) is 0.500. The van der Waals surface area contributed by atoms with Crippen molar-refractivity contribution in [2.75, 3.05) is 25.0 Å². The number of nitrogens with zero attached hydrogens (tertiary/aromatic N) is 2. The summed E-state index contributed by atoms with van der Waals surface area (Å²) in [7, 11) is 0. The average Bonchev–Trinajstić information content (AvgIpc) is 3.08. The van der Waals surface area contributed by atoms with Crippen LogP contribution in [0.25, 0.3) is 11.4 Å². The molecule has 1 spiro atoms. The average molecular weight is 396 g/mol. The quantitative estimate of drug-likeness (QED) is 0.830. The Morgan fingerprint density at radius 2 is 2.10 bits per heavy atom. The van der Waals surface area contributed by atoms with Crippen molar-refractivity contribution in [1.29, 1.82) is 0 Å². The molecule has 3 heterocycles.